The van der Waals surface area contributed by atoms with Gasteiger partial charge in [-0.05, 0) is 43.6 Å². The van der Waals surface area contributed by atoms with Gasteiger partial charge in [0.05, 0.1) is 38.2 Å². The van der Waals surface area contributed by atoms with Crippen LogP contribution in [0.1, 0.15) is 43.6 Å². The number of sulfonamides is 1. The van der Waals surface area contributed by atoms with Crippen molar-refractivity contribution in [2.45, 2.75) is 62.3 Å². The van der Waals surface area contributed by atoms with Crippen molar-refractivity contribution in [1.82, 2.24) is 9.62 Å². The summed E-state index contributed by atoms with van der Waals surface area (Å²) in [7, 11) is -2.11. The molecule has 166 valence electrons. The van der Waals surface area contributed by atoms with Crippen LogP contribution in [0.25, 0.3) is 0 Å². The van der Waals surface area contributed by atoms with Crippen LogP contribution in [0.5, 0.6) is 0 Å². The molecule has 1 heterocycles. The molecule has 0 radical (unpaired) electrons. The Bertz CT molecular complexity index is 821. The number of methoxy groups -OCH3 is 1. The van der Waals surface area contributed by atoms with E-state index in [9.17, 15) is 13.2 Å². The van der Waals surface area contributed by atoms with E-state index in [1.54, 1.807) is 11.0 Å². The molecular formula is C22H32N2O5S. The minimum atomic E-state index is -3.43. The maximum atomic E-state index is 12.4. The number of likely N-dealkylation sites (tertiary alicyclic amines) is 1. The summed E-state index contributed by atoms with van der Waals surface area (Å²) >= 11 is 0. The monoisotopic (exact) mass is 436 g/mol. The molecule has 8 heteroatoms. The van der Waals surface area contributed by atoms with E-state index in [2.05, 4.69) is 35.6 Å². The fourth-order valence-corrected chi connectivity index (χ4v) is 5.48. The minimum absolute atomic E-state index is 0.103. The third-order valence-electron chi connectivity index (χ3n) is 6.15. The second-order valence-corrected chi connectivity index (χ2v) is 9.98. The summed E-state index contributed by atoms with van der Waals surface area (Å²) in [6, 6.07) is 9.34. The van der Waals surface area contributed by atoms with Crippen LogP contribution in [-0.4, -0.2) is 63.6 Å². The van der Waals surface area contributed by atoms with E-state index in [1.807, 2.05) is 6.07 Å². The maximum absolute atomic E-state index is 12.4. The molecule has 30 heavy (non-hydrogen) atoms. The Hall–Kier alpha value is -1.90. The zero-order chi connectivity index (χ0) is 21.7. The van der Waals surface area contributed by atoms with E-state index in [0.717, 1.165) is 31.9 Å². The van der Waals surface area contributed by atoms with Gasteiger partial charge in [-0.25, -0.2) is 17.9 Å². The Labute approximate surface area is 179 Å². The van der Waals surface area contributed by atoms with Gasteiger partial charge in [-0.15, -0.1) is 6.58 Å². The fourth-order valence-electron chi connectivity index (χ4n) is 4.68. The van der Waals surface area contributed by atoms with Gasteiger partial charge in [0.1, 0.15) is 0 Å². The maximum Gasteiger partial charge on any atom is 0.410 e. The number of nitrogens with one attached hydrogen (secondary N) is 1. The molecule has 1 aliphatic carbocycles. The first-order chi connectivity index (χ1) is 14.3. The van der Waals surface area contributed by atoms with Gasteiger partial charge in [0.15, 0.2) is 0 Å². The van der Waals surface area contributed by atoms with Crippen molar-refractivity contribution >= 4 is 16.1 Å². The topological polar surface area (TPSA) is 84.9 Å². The normalized spacial score (nSPS) is 29.5. The number of carbonyl (C=O) groups is 1. The summed E-state index contributed by atoms with van der Waals surface area (Å²) in [6.45, 7) is 4.05. The van der Waals surface area contributed by atoms with Gasteiger partial charge >= 0.3 is 6.09 Å². The lowest BCUT2D eigenvalue weighted by Crippen LogP contribution is -2.50. The zero-order valence-electron chi connectivity index (χ0n) is 17.7. The van der Waals surface area contributed by atoms with Gasteiger partial charge in [0.2, 0.25) is 10.0 Å². The number of ether oxygens (including phenoxy) is 2. The predicted octanol–water partition coefficient (Wildman–Crippen LogP) is 3.04. The standard InChI is InChI=1S/C22H32N2O5S/c1-4-18-14-20(23-30(3,26)27)21(24(18)22(25)28-2)15-29-19-12-10-17(11-13-19)16-8-6-5-7-9-16/h4-9,17-21,23H,1,10-15H2,2-3H3/t17?,18?,19?,20?,21-/m0/s1. The van der Waals surface area contributed by atoms with Gasteiger partial charge in [-0.1, -0.05) is 36.4 Å². The van der Waals surface area contributed by atoms with E-state index in [-0.39, 0.29) is 18.8 Å². The average molecular weight is 437 g/mol. The predicted molar refractivity (Wildman–Crippen MR) is 116 cm³/mol. The third-order valence-corrected chi connectivity index (χ3v) is 6.88. The van der Waals surface area contributed by atoms with Crippen molar-refractivity contribution in [3.8, 4) is 0 Å². The van der Waals surface area contributed by atoms with Crippen LogP contribution in [0, 0.1) is 0 Å². The number of nitrogens with zero attached hydrogens (tertiary/aromatic N) is 1. The number of hydrogen-bond acceptors (Lipinski definition) is 5. The molecule has 3 rings (SSSR count). The summed E-state index contributed by atoms with van der Waals surface area (Å²) in [5.74, 6) is 0.550. The van der Waals surface area contributed by atoms with Gasteiger partial charge in [-0.2, -0.15) is 0 Å². The second kappa shape index (κ2) is 9.94. The molecule has 7 nitrogen and oxygen atoms in total. The Balaban J connectivity index is 1.63. The lowest BCUT2D eigenvalue weighted by Gasteiger charge is -2.33. The highest BCUT2D eigenvalue weighted by Gasteiger charge is 2.44. The van der Waals surface area contributed by atoms with E-state index >= 15 is 0 Å². The first-order valence-corrected chi connectivity index (χ1v) is 12.3. The van der Waals surface area contributed by atoms with Crippen molar-refractivity contribution in [2.75, 3.05) is 20.0 Å². The van der Waals surface area contributed by atoms with E-state index < -0.39 is 28.2 Å². The fraction of sp³-hybridized carbons (Fsp3) is 0.591. The highest BCUT2D eigenvalue weighted by atomic mass is 32.2. The Morgan fingerprint density at radius 2 is 1.90 bits per heavy atom. The van der Waals surface area contributed by atoms with Gasteiger partial charge in [-0.3, -0.25) is 4.90 Å². The molecule has 1 aromatic rings. The number of hydrogen-bond donors (Lipinski definition) is 1. The van der Waals surface area contributed by atoms with Gasteiger partial charge in [0.25, 0.3) is 0 Å². The van der Waals surface area contributed by atoms with Crippen LogP contribution in [0.2, 0.25) is 0 Å². The van der Waals surface area contributed by atoms with Crippen LogP contribution in [0.4, 0.5) is 4.79 Å². The lowest BCUT2D eigenvalue weighted by molar-refractivity contribution is -0.00759. The molecule has 2 unspecified atom stereocenters. The van der Waals surface area contributed by atoms with Crippen LogP contribution in [0.15, 0.2) is 43.0 Å². The number of amides is 1. The Morgan fingerprint density at radius 1 is 1.23 bits per heavy atom. The molecule has 0 spiro atoms. The molecule has 2 fully saturated rings. The third kappa shape index (κ3) is 5.62. The van der Waals surface area contributed by atoms with Gasteiger partial charge in [0, 0.05) is 6.04 Å². The average Bonchev–Trinajstić information content (AvgIpc) is 3.08. The summed E-state index contributed by atoms with van der Waals surface area (Å²) in [5, 5.41) is 0. The molecule has 1 aliphatic heterocycles. The quantitative estimate of drug-likeness (QED) is 0.664. The number of carbonyl (C=O) groups excluding carboxylic acids is 1. The molecule has 1 saturated carbocycles. The molecule has 0 bridgehead atoms. The van der Waals surface area contributed by atoms with Crippen LogP contribution in [-0.2, 0) is 19.5 Å². The highest BCUT2D eigenvalue weighted by molar-refractivity contribution is 7.88. The summed E-state index contributed by atoms with van der Waals surface area (Å²) in [6.07, 6.45) is 6.82. The van der Waals surface area contributed by atoms with Crippen molar-refractivity contribution in [3.63, 3.8) is 0 Å². The first-order valence-electron chi connectivity index (χ1n) is 10.4. The molecule has 1 saturated heterocycles. The van der Waals surface area contributed by atoms with Crippen LogP contribution >= 0.6 is 0 Å². The minimum Gasteiger partial charge on any atom is -0.453 e. The van der Waals surface area contributed by atoms with Crippen molar-refractivity contribution < 1.29 is 22.7 Å². The van der Waals surface area contributed by atoms with Crippen LogP contribution in [0.3, 0.4) is 0 Å². The van der Waals surface area contributed by atoms with Gasteiger partial charge < -0.3 is 9.47 Å². The molecule has 3 atom stereocenters. The highest BCUT2D eigenvalue weighted by Crippen LogP contribution is 2.35. The number of rotatable bonds is 7. The van der Waals surface area contributed by atoms with Crippen molar-refractivity contribution in [3.05, 3.63) is 48.6 Å². The summed E-state index contributed by atoms with van der Waals surface area (Å²) in [4.78, 5) is 13.9. The SMILES string of the molecule is C=CC1CC(NS(C)(=O)=O)[C@H](COC2CCC(c3ccccc3)CC2)N1C(=O)OC. The molecule has 1 aromatic carbocycles. The molecule has 1 N–H and O–H groups in total. The summed E-state index contributed by atoms with van der Waals surface area (Å²) in [5.41, 5.74) is 1.37. The number of benzene rings is 1. The van der Waals surface area contributed by atoms with E-state index in [0.29, 0.717) is 12.3 Å². The zero-order valence-corrected chi connectivity index (χ0v) is 18.5. The molecular weight excluding hydrogens is 404 g/mol. The largest absolute Gasteiger partial charge is 0.453 e. The van der Waals surface area contributed by atoms with Crippen LogP contribution < -0.4 is 4.72 Å². The lowest BCUT2D eigenvalue weighted by atomic mass is 9.83. The Kier molecular flexibility index (Phi) is 7.55. The molecule has 2 aliphatic rings. The van der Waals surface area contributed by atoms with E-state index in [1.165, 1.54) is 12.7 Å². The second-order valence-electron chi connectivity index (χ2n) is 8.20. The van der Waals surface area contributed by atoms with Crippen molar-refractivity contribution in [2.24, 2.45) is 0 Å². The molecule has 0 aromatic heterocycles. The molecule has 1 amide bonds. The summed E-state index contributed by atoms with van der Waals surface area (Å²) < 4.78 is 37.5. The van der Waals surface area contributed by atoms with E-state index in [4.69, 9.17) is 9.47 Å². The smallest absolute Gasteiger partial charge is 0.410 e. The van der Waals surface area contributed by atoms with Crippen molar-refractivity contribution in [1.29, 1.82) is 0 Å². The first kappa shape index (κ1) is 22.8. The Morgan fingerprint density at radius 3 is 2.47 bits per heavy atom.